The van der Waals surface area contributed by atoms with Crippen LogP contribution in [0, 0.1) is 13.8 Å². The Morgan fingerprint density at radius 1 is 1.28 bits per heavy atom. The van der Waals surface area contributed by atoms with Crippen LogP contribution in [0.1, 0.15) is 22.8 Å². The van der Waals surface area contributed by atoms with Crippen LogP contribution in [0.5, 0.6) is 0 Å². The molecule has 2 rings (SSSR count). The normalized spacial score (nSPS) is 12.7. The monoisotopic (exact) mass is 246 g/mol. The van der Waals surface area contributed by atoms with Gasteiger partial charge in [-0.2, -0.15) is 0 Å². The van der Waals surface area contributed by atoms with Crippen LogP contribution in [0.25, 0.3) is 0 Å². The minimum atomic E-state index is -0.662. The van der Waals surface area contributed by atoms with Gasteiger partial charge in [-0.3, -0.25) is 4.57 Å². The lowest BCUT2D eigenvalue weighted by Crippen LogP contribution is -2.24. The Morgan fingerprint density at radius 3 is 2.61 bits per heavy atom. The lowest BCUT2D eigenvalue weighted by Gasteiger charge is -2.14. The highest BCUT2D eigenvalue weighted by Gasteiger charge is 2.12. The van der Waals surface area contributed by atoms with Crippen LogP contribution in [0.15, 0.2) is 35.4 Å². The second kappa shape index (κ2) is 4.82. The van der Waals surface area contributed by atoms with Crippen LogP contribution in [0.4, 0.5) is 0 Å². The molecule has 1 unspecified atom stereocenters. The summed E-state index contributed by atoms with van der Waals surface area (Å²) in [7, 11) is 1.70. The molecular weight excluding hydrogens is 228 g/mol. The lowest BCUT2D eigenvalue weighted by atomic mass is 10.0. The van der Waals surface area contributed by atoms with Crippen molar-refractivity contribution in [2.24, 2.45) is 7.05 Å². The number of imidazole rings is 1. The third-order valence-corrected chi connectivity index (χ3v) is 3.18. The molecule has 0 aliphatic rings. The fraction of sp³-hybridized carbons (Fsp3) is 0.357. The van der Waals surface area contributed by atoms with E-state index in [2.05, 4.69) is 0 Å². The Kier molecular flexibility index (Phi) is 3.39. The first-order valence-electron chi connectivity index (χ1n) is 5.96. The van der Waals surface area contributed by atoms with Crippen LogP contribution in [0.2, 0.25) is 0 Å². The zero-order chi connectivity index (χ0) is 13.3. The summed E-state index contributed by atoms with van der Waals surface area (Å²) in [5.74, 6) is 0. The summed E-state index contributed by atoms with van der Waals surface area (Å²) in [6.07, 6.45) is 2.72. The number of hydrogen-bond acceptors (Lipinski definition) is 2. The highest BCUT2D eigenvalue weighted by Crippen LogP contribution is 2.20. The number of aromatic nitrogens is 2. The molecule has 1 heterocycles. The highest BCUT2D eigenvalue weighted by molar-refractivity contribution is 5.32. The fourth-order valence-electron chi connectivity index (χ4n) is 2.05. The first-order valence-corrected chi connectivity index (χ1v) is 5.96. The van der Waals surface area contributed by atoms with Crippen LogP contribution in [0.3, 0.4) is 0 Å². The molecule has 0 saturated carbocycles. The van der Waals surface area contributed by atoms with E-state index in [1.54, 1.807) is 19.4 Å². The molecule has 0 aliphatic heterocycles. The molecule has 4 nitrogen and oxygen atoms in total. The number of aliphatic hydroxyl groups excluding tert-OH is 1. The maximum atomic E-state index is 11.7. The zero-order valence-electron chi connectivity index (χ0n) is 10.9. The molecular formula is C14H18N2O2. The largest absolute Gasteiger partial charge is 0.387 e. The van der Waals surface area contributed by atoms with E-state index in [1.165, 1.54) is 9.13 Å². The first kappa shape index (κ1) is 12.6. The number of nitrogens with zero attached hydrogens (tertiary/aromatic N) is 2. The van der Waals surface area contributed by atoms with E-state index in [0.29, 0.717) is 0 Å². The van der Waals surface area contributed by atoms with Crippen molar-refractivity contribution in [3.63, 3.8) is 0 Å². The minimum absolute atomic E-state index is 0.112. The molecule has 4 heteroatoms. The standard InChI is InChI=1S/C14H18N2O2/c1-10-4-5-11(2)12(8-10)13(17)9-16-7-6-15(3)14(16)18/h4-8,13,17H,9H2,1-3H3. The maximum absolute atomic E-state index is 11.7. The van der Waals surface area contributed by atoms with Gasteiger partial charge in [-0.25, -0.2) is 4.79 Å². The van der Waals surface area contributed by atoms with Crippen LogP contribution in [-0.2, 0) is 13.6 Å². The molecule has 0 spiro atoms. The Balaban J connectivity index is 2.27. The second-order valence-corrected chi connectivity index (χ2v) is 4.72. The molecule has 2 aromatic rings. The van der Waals surface area contributed by atoms with Crippen molar-refractivity contribution < 1.29 is 5.11 Å². The molecule has 0 saturated heterocycles. The van der Waals surface area contributed by atoms with E-state index < -0.39 is 6.10 Å². The average molecular weight is 246 g/mol. The van der Waals surface area contributed by atoms with Crippen LogP contribution in [-0.4, -0.2) is 14.2 Å². The Bertz CT molecular complexity index is 610. The molecule has 96 valence electrons. The molecule has 18 heavy (non-hydrogen) atoms. The summed E-state index contributed by atoms with van der Waals surface area (Å²) < 4.78 is 3.02. The summed E-state index contributed by atoms with van der Waals surface area (Å²) in [5.41, 5.74) is 2.91. The Labute approximate surface area is 106 Å². The van der Waals surface area contributed by atoms with Crippen molar-refractivity contribution >= 4 is 0 Å². The molecule has 0 radical (unpaired) electrons. The molecule has 0 bridgehead atoms. The number of hydrogen-bond donors (Lipinski definition) is 1. The first-order chi connectivity index (χ1) is 8.49. The van der Waals surface area contributed by atoms with Crippen molar-refractivity contribution in [3.8, 4) is 0 Å². The van der Waals surface area contributed by atoms with Gasteiger partial charge in [-0.15, -0.1) is 0 Å². The molecule has 1 aromatic carbocycles. The molecule has 1 N–H and O–H groups in total. The van der Waals surface area contributed by atoms with Gasteiger partial charge in [0.25, 0.3) is 0 Å². The van der Waals surface area contributed by atoms with Gasteiger partial charge in [-0.1, -0.05) is 23.8 Å². The summed E-state index contributed by atoms with van der Waals surface area (Å²) in [4.78, 5) is 11.7. The van der Waals surface area contributed by atoms with Gasteiger partial charge in [0.1, 0.15) is 0 Å². The third kappa shape index (κ3) is 2.38. The van der Waals surface area contributed by atoms with Crippen molar-refractivity contribution in [2.45, 2.75) is 26.5 Å². The van der Waals surface area contributed by atoms with Gasteiger partial charge >= 0.3 is 5.69 Å². The highest BCUT2D eigenvalue weighted by atomic mass is 16.3. The number of aryl methyl sites for hydroxylation is 3. The van der Waals surface area contributed by atoms with Crippen molar-refractivity contribution in [1.29, 1.82) is 0 Å². The summed E-state index contributed by atoms with van der Waals surface area (Å²) in [6, 6.07) is 5.97. The van der Waals surface area contributed by atoms with Gasteiger partial charge in [0.2, 0.25) is 0 Å². The molecule has 0 amide bonds. The van der Waals surface area contributed by atoms with Gasteiger partial charge in [-0.05, 0) is 25.0 Å². The smallest absolute Gasteiger partial charge is 0.327 e. The van der Waals surface area contributed by atoms with Gasteiger partial charge in [0.05, 0.1) is 12.6 Å². The van der Waals surface area contributed by atoms with E-state index >= 15 is 0 Å². The molecule has 1 aromatic heterocycles. The van der Waals surface area contributed by atoms with E-state index in [4.69, 9.17) is 0 Å². The zero-order valence-corrected chi connectivity index (χ0v) is 10.9. The predicted octanol–water partition coefficient (Wildman–Crippen LogP) is 1.54. The minimum Gasteiger partial charge on any atom is -0.387 e. The summed E-state index contributed by atoms with van der Waals surface area (Å²) in [5, 5.41) is 10.2. The van der Waals surface area contributed by atoms with Crippen LogP contribution < -0.4 is 5.69 Å². The van der Waals surface area contributed by atoms with E-state index in [1.807, 2.05) is 32.0 Å². The number of benzene rings is 1. The quantitative estimate of drug-likeness (QED) is 0.893. The predicted molar refractivity (Wildman–Crippen MR) is 70.5 cm³/mol. The van der Waals surface area contributed by atoms with Crippen molar-refractivity contribution in [3.05, 3.63) is 57.8 Å². The van der Waals surface area contributed by atoms with Crippen molar-refractivity contribution in [2.75, 3.05) is 0 Å². The number of aliphatic hydroxyl groups is 1. The van der Waals surface area contributed by atoms with Gasteiger partial charge in [0, 0.05) is 19.4 Å². The second-order valence-electron chi connectivity index (χ2n) is 4.72. The number of rotatable bonds is 3. The summed E-state index contributed by atoms with van der Waals surface area (Å²) >= 11 is 0. The van der Waals surface area contributed by atoms with E-state index in [9.17, 15) is 9.90 Å². The molecule has 1 atom stereocenters. The van der Waals surface area contributed by atoms with Crippen LogP contribution >= 0.6 is 0 Å². The third-order valence-electron chi connectivity index (χ3n) is 3.18. The Morgan fingerprint density at radius 2 is 2.00 bits per heavy atom. The van der Waals surface area contributed by atoms with E-state index in [-0.39, 0.29) is 12.2 Å². The van der Waals surface area contributed by atoms with E-state index in [0.717, 1.165) is 16.7 Å². The molecule has 0 aliphatic carbocycles. The van der Waals surface area contributed by atoms with Gasteiger partial charge in [0.15, 0.2) is 0 Å². The summed E-state index contributed by atoms with van der Waals surface area (Å²) in [6.45, 7) is 4.24. The molecule has 0 fully saturated rings. The SMILES string of the molecule is Cc1ccc(C)c(C(O)Cn2ccn(C)c2=O)c1. The fourth-order valence-corrected chi connectivity index (χ4v) is 2.05. The topological polar surface area (TPSA) is 47.2 Å². The Hall–Kier alpha value is -1.81. The van der Waals surface area contributed by atoms with Gasteiger partial charge < -0.3 is 9.67 Å². The lowest BCUT2D eigenvalue weighted by molar-refractivity contribution is 0.154. The average Bonchev–Trinajstić information content (AvgIpc) is 2.64. The van der Waals surface area contributed by atoms with Crippen molar-refractivity contribution in [1.82, 2.24) is 9.13 Å². The maximum Gasteiger partial charge on any atom is 0.327 e.